The molecule has 0 saturated carbocycles. The van der Waals surface area contributed by atoms with Gasteiger partial charge in [0.2, 0.25) is 0 Å². The number of aromatic nitrogens is 3. The predicted molar refractivity (Wildman–Crippen MR) is 102 cm³/mol. The number of carbonyl (C=O) groups excluding carboxylic acids is 1. The summed E-state index contributed by atoms with van der Waals surface area (Å²) in [6, 6.07) is 8.67. The SMILES string of the molecule is O=C(COc1ccc2nc3n(c(=O)c2c1)CCCCC3)Nc1cccnc1. The van der Waals surface area contributed by atoms with Gasteiger partial charge in [0, 0.05) is 19.2 Å². The number of benzene rings is 1. The van der Waals surface area contributed by atoms with Gasteiger partial charge in [-0.2, -0.15) is 0 Å². The number of fused-ring (bicyclic) bond motifs is 2. The Morgan fingerprint density at radius 3 is 3.00 bits per heavy atom. The molecule has 1 amide bonds. The fraction of sp³-hybridized carbons (Fsp3) is 0.300. The second-order valence-electron chi connectivity index (χ2n) is 6.55. The molecule has 1 N–H and O–H groups in total. The van der Waals surface area contributed by atoms with Crippen molar-refractivity contribution in [2.75, 3.05) is 11.9 Å². The van der Waals surface area contributed by atoms with Crippen molar-refractivity contribution in [1.29, 1.82) is 0 Å². The van der Waals surface area contributed by atoms with E-state index in [0.29, 0.717) is 28.9 Å². The smallest absolute Gasteiger partial charge is 0.262 e. The molecule has 0 atom stereocenters. The second-order valence-corrected chi connectivity index (χ2v) is 6.55. The molecule has 1 aliphatic rings. The van der Waals surface area contributed by atoms with Crippen molar-refractivity contribution in [3.05, 3.63) is 58.9 Å². The fourth-order valence-electron chi connectivity index (χ4n) is 3.27. The Morgan fingerprint density at radius 1 is 1.22 bits per heavy atom. The highest BCUT2D eigenvalue weighted by Crippen LogP contribution is 2.19. The maximum Gasteiger partial charge on any atom is 0.262 e. The Kier molecular flexibility index (Phi) is 4.82. The minimum absolute atomic E-state index is 0.0397. The molecule has 2 aromatic heterocycles. The van der Waals surface area contributed by atoms with Gasteiger partial charge < -0.3 is 10.1 Å². The lowest BCUT2D eigenvalue weighted by molar-refractivity contribution is -0.118. The maximum absolute atomic E-state index is 12.8. The van der Waals surface area contributed by atoms with Gasteiger partial charge in [0.25, 0.3) is 11.5 Å². The number of nitrogens with zero attached hydrogens (tertiary/aromatic N) is 3. The predicted octanol–water partition coefficient (Wildman–Crippen LogP) is 2.54. The fourth-order valence-corrected chi connectivity index (χ4v) is 3.27. The molecule has 0 bridgehead atoms. The van der Waals surface area contributed by atoms with Gasteiger partial charge in [0.05, 0.1) is 22.8 Å². The average molecular weight is 364 g/mol. The third kappa shape index (κ3) is 3.81. The normalized spacial score (nSPS) is 13.6. The topological polar surface area (TPSA) is 86.1 Å². The maximum atomic E-state index is 12.8. The van der Waals surface area contributed by atoms with Gasteiger partial charge in [-0.05, 0) is 43.2 Å². The zero-order chi connectivity index (χ0) is 18.6. The number of aryl methyl sites for hydroxylation is 1. The molecule has 0 aliphatic carbocycles. The van der Waals surface area contributed by atoms with Gasteiger partial charge in [-0.3, -0.25) is 19.1 Å². The van der Waals surface area contributed by atoms with Crippen LogP contribution in [-0.4, -0.2) is 27.0 Å². The van der Waals surface area contributed by atoms with Crippen molar-refractivity contribution in [1.82, 2.24) is 14.5 Å². The Bertz CT molecular complexity index is 1030. The molecule has 0 unspecified atom stereocenters. The molecule has 3 heterocycles. The highest BCUT2D eigenvalue weighted by molar-refractivity contribution is 5.91. The highest BCUT2D eigenvalue weighted by atomic mass is 16.5. The number of carbonyl (C=O) groups is 1. The number of hydrogen-bond acceptors (Lipinski definition) is 5. The number of amides is 1. The molecule has 7 heteroatoms. The number of hydrogen-bond donors (Lipinski definition) is 1. The summed E-state index contributed by atoms with van der Waals surface area (Å²) in [6.07, 6.45) is 7.19. The molecule has 0 saturated heterocycles. The first-order chi connectivity index (χ1) is 13.2. The third-order valence-electron chi connectivity index (χ3n) is 4.60. The first-order valence-corrected chi connectivity index (χ1v) is 9.07. The second kappa shape index (κ2) is 7.57. The van der Waals surface area contributed by atoms with Crippen LogP contribution in [-0.2, 0) is 17.8 Å². The zero-order valence-electron chi connectivity index (χ0n) is 14.9. The van der Waals surface area contributed by atoms with Gasteiger partial charge in [0.15, 0.2) is 6.61 Å². The van der Waals surface area contributed by atoms with E-state index in [1.807, 2.05) is 0 Å². The summed E-state index contributed by atoms with van der Waals surface area (Å²) >= 11 is 0. The summed E-state index contributed by atoms with van der Waals surface area (Å²) in [6.45, 7) is 0.551. The van der Waals surface area contributed by atoms with Crippen molar-refractivity contribution in [2.45, 2.75) is 32.2 Å². The summed E-state index contributed by atoms with van der Waals surface area (Å²) < 4.78 is 7.34. The van der Waals surface area contributed by atoms with E-state index in [1.54, 1.807) is 47.3 Å². The molecular weight excluding hydrogens is 344 g/mol. The van der Waals surface area contributed by atoms with Crippen LogP contribution in [0.2, 0.25) is 0 Å². The first kappa shape index (κ1) is 17.2. The first-order valence-electron chi connectivity index (χ1n) is 9.07. The van der Waals surface area contributed by atoms with Gasteiger partial charge in [-0.25, -0.2) is 4.98 Å². The minimum atomic E-state index is -0.292. The van der Waals surface area contributed by atoms with Crippen LogP contribution in [0.25, 0.3) is 10.9 Å². The lowest BCUT2D eigenvalue weighted by atomic mass is 10.2. The number of anilines is 1. The lowest BCUT2D eigenvalue weighted by Gasteiger charge is -2.11. The molecule has 138 valence electrons. The van der Waals surface area contributed by atoms with Crippen molar-refractivity contribution < 1.29 is 9.53 Å². The van der Waals surface area contributed by atoms with Crippen molar-refractivity contribution >= 4 is 22.5 Å². The highest BCUT2D eigenvalue weighted by Gasteiger charge is 2.14. The van der Waals surface area contributed by atoms with E-state index >= 15 is 0 Å². The average Bonchev–Trinajstić information content (AvgIpc) is 2.93. The van der Waals surface area contributed by atoms with Crippen LogP contribution >= 0.6 is 0 Å². The number of rotatable bonds is 4. The number of ether oxygens (including phenoxy) is 1. The van der Waals surface area contributed by atoms with Crippen LogP contribution in [0.1, 0.15) is 25.1 Å². The van der Waals surface area contributed by atoms with Crippen molar-refractivity contribution in [2.24, 2.45) is 0 Å². The Balaban J connectivity index is 1.52. The molecule has 0 radical (unpaired) electrons. The minimum Gasteiger partial charge on any atom is -0.484 e. The van der Waals surface area contributed by atoms with E-state index in [-0.39, 0.29) is 18.1 Å². The molecule has 1 aromatic carbocycles. The monoisotopic (exact) mass is 364 g/mol. The van der Waals surface area contributed by atoms with Gasteiger partial charge in [0.1, 0.15) is 11.6 Å². The van der Waals surface area contributed by atoms with Gasteiger partial charge in [-0.1, -0.05) is 6.42 Å². The number of pyridine rings is 1. The zero-order valence-corrected chi connectivity index (χ0v) is 14.9. The summed E-state index contributed by atoms with van der Waals surface area (Å²) in [7, 11) is 0. The van der Waals surface area contributed by atoms with Gasteiger partial charge in [-0.15, -0.1) is 0 Å². The van der Waals surface area contributed by atoms with Crippen LogP contribution in [0.4, 0.5) is 5.69 Å². The van der Waals surface area contributed by atoms with Crippen LogP contribution < -0.4 is 15.6 Å². The van der Waals surface area contributed by atoms with E-state index in [4.69, 9.17) is 4.74 Å². The molecule has 0 spiro atoms. The van der Waals surface area contributed by atoms with E-state index in [2.05, 4.69) is 15.3 Å². The Morgan fingerprint density at radius 2 is 2.15 bits per heavy atom. The van der Waals surface area contributed by atoms with E-state index < -0.39 is 0 Å². The lowest BCUT2D eigenvalue weighted by Crippen LogP contribution is -2.24. The standard InChI is InChI=1S/C20H20N4O3/c25-19(22-14-5-4-9-21-12-14)13-27-15-7-8-17-16(11-15)20(26)24-10-3-1-2-6-18(24)23-17/h4-5,7-9,11-12H,1-3,6,10,13H2,(H,22,25). The van der Waals surface area contributed by atoms with E-state index in [0.717, 1.165) is 31.5 Å². The summed E-state index contributed by atoms with van der Waals surface area (Å²) in [5.74, 6) is 1.03. The van der Waals surface area contributed by atoms with Crippen LogP contribution in [0.5, 0.6) is 5.75 Å². The van der Waals surface area contributed by atoms with Crippen molar-refractivity contribution in [3.8, 4) is 5.75 Å². The molecule has 1 aliphatic heterocycles. The summed E-state index contributed by atoms with van der Waals surface area (Å²) in [4.78, 5) is 33.4. The summed E-state index contributed by atoms with van der Waals surface area (Å²) in [5, 5.41) is 3.22. The molecular formula is C20H20N4O3. The Hall–Kier alpha value is -3.22. The summed E-state index contributed by atoms with van der Waals surface area (Å²) in [5.41, 5.74) is 1.23. The molecule has 7 nitrogen and oxygen atoms in total. The van der Waals surface area contributed by atoms with Crippen LogP contribution in [0.3, 0.4) is 0 Å². The molecule has 3 aromatic rings. The van der Waals surface area contributed by atoms with Gasteiger partial charge >= 0.3 is 0 Å². The van der Waals surface area contributed by atoms with Crippen molar-refractivity contribution in [3.63, 3.8) is 0 Å². The third-order valence-corrected chi connectivity index (χ3v) is 4.60. The molecule has 0 fully saturated rings. The van der Waals surface area contributed by atoms with Crippen LogP contribution in [0, 0.1) is 0 Å². The Labute approximate surface area is 156 Å². The van der Waals surface area contributed by atoms with Crippen LogP contribution in [0.15, 0.2) is 47.5 Å². The van der Waals surface area contributed by atoms with E-state index in [1.165, 1.54) is 0 Å². The molecule has 4 rings (SSSR count). The molecule has 27 heavy (non-hydrogen) atoms. The largest absolute Gasteiger partial charge is 0.484 e. The quantitative estimate of drug-likeness (QED) is 0.769. The van der Waals surface area contributed by atoms with E-state index in [9.17, 15) is 9.59 Å². The number of nitrogens with one attached hydrogen (secondary N) is 1.